The number of carbonyl (C=O) groups excluding carboxylic acids is 1. The number of pyridine rings is 1. The first kappa shape index (κ1) is 21.9. The van der Waals surface area contributed by atoms with Crippen LogP contribution >= 0.6 is 11.6 Å². The average molecular weight is 457 g/mol. The van der Waals surface area contributed by atoms with Crippen LogP contribution in [0.25, 0.3) is 10.9 Å². The predicted molar refractivity (Wildman–Crippen MR) is 128 cm³/mol. The van der Waals surface area contributed by atoms with E-state index in [4.69, 9.17) is 16.6 Å². The minimum absolute atomic E-state index is 0.243. The lowest BCUT2D eigenvalue weighted by molar-refractivity contribution is -0.0199. The lowest BCUT2D eigenvalue weighted by atomic mass is 9.76. The van der Waals surface area contributed by atoms with Crippen molar-refractivity contribution in [2.24, 2.45) is 5.41 Å². The minimum atomic E-state index is -0.814. The molecule has 2 N–H and O–H groups in total. The summed E-state index contributed by atoms with van der Waals surface area (Å²) in [5.41, 5.74) is 0.720. The van der Waals surface area contributed by atoms with Crippen molar-refractivity contribution in [2.45, 2.75) is 56.6 Å². The monoisotopic (exact) mass is 456 g/mol. The Hall–Kier alpha value is -1.89. The average Bonchev–Trinajstić information content (AvgIpc) is 3.30. The lowest BCUT2D eigenvalue weighted by Gasteiger charge is -2.37. The first-order valence-corrected chi connectivity index (χ1v) is 12.2. The summed E-state index contributed by atoms with van der Waals surface area (Å²) in [6, 6.07) is 8.09. The van der Waals surface area contributed by atoms with E-state index in [1.807, 2.05) is 18.2 Å². The molecule has 2 aliphatic carbocycles. The van der Waals surface area contributed by atoms with Crippen LogP contribution in [0.4, 0.5) is 5.82 Å². The lowest BCUT2D eigenvalue weighted by Crippen LogP contribution is -2.46. The molecule has 1 amide bonds. The van der Waals surface area contributed by atoms with Gasteiger partial charge in [-0.1, -0.05) is 11.6 Å². The molecule has 7 heteroatoms. The third-order valence-corrected chi connectivity index (χ3v) is 8.15. The fourth-order valence-corrected chi connectivity index (χ4v) is 5.95. The maximum absolute atomic E-state index is 13.2. The predicted octanol–water partition coefficient (Wildman–Crippen LogP) is 3.84. The number of aliphatic hydroxyl groups is 1. The van der Waals surface area contributed by atoms with Gasteiger partial charge in [0.1, 0.15) is 5.82 Å². The Bertz CT molecular complexity index is 1040. The first-order chi connectivity index (χ1) is 15.3. The molecule has 5 rings (SSSR count). The number of amides is 1. The highest BCUT2D eigenvalue weighted by atomic mass is 35.5. The van der Waals surface area contributed by atoms with Crippen molar-refractivity contribution in [3.8, 4) is 0 Å². The number of anilines is 1. The second-order valence-corrected chi connectivity index (χ2v) is 10.9. The molecule has 1 aromatic heterocycles. The number of carbonyl (C=O) groups is 1. The van der Waals surface area contributed by atoms with Gasteiger partial charge in [0, 0.05) is 31.1 Å². The molecule has 1 saturated heterocycles. The second kappa shape index (κ2) is 8.15. The standard InChI is InChI=1S/C25H33ClN4O2/c1-29(2)17-8-13-30(14-17)21-7-4-18-20(28-21)6-5-19(26)22(18)23(31)27-16-25(32)10-3-9-24(15-25)11-12-24/h4-7,17,32H,3,8-16H2,1-2H3,(H,27,31). The number of hydrogen-bond acceptors (Lipinski definition) is 5. The Morgan fingerprint density at radius 2 is 2.06 bits per heavy atom. The summed E-state index contributed by atoms with van der Waals surface area (Å²) in [6.07, 6.45) is 7.30. The SMILES string of the molecule is CN(C)C1CCN(c2ccc3c(C(=O)NCC4(O)CCCC5(CC5)C4)c(Cl)ccc3n2)C1. The van der Waals surface area contributed by atoms with Gasteiger partial charge in [-0.05, 0) is 88.7 Å². The molecule has 0 bridgehead atoms. The van der Waals surface area contributed by atoms with E-state index < -0.39 is 5.60 Å². The summed E-state index contributed by atoms with van der Waals surface area (Å²) in [6.45, 7) is 2.19. The number of hydrogen-bond donors (Lipinski definition) is 2. The van der Waals surface area contributed by atoms with Gasteiger partial charge in [-0.15, -0.1) is 0 Å². The molecule has 1 aliphatic heterocycles. The van der Waals surface area contributed by atoms with Crippen molar-refractivity contribution in [3.63, 3.8) is 0 Å². The van der Waals surface area contributed by atoms with Gasteiger partial charge in [-0.2, -0.15) is 0 Å². The van der Waals surface area contributed by atoms with Crippen molar-refractivity contribution in [1.82, 2.24) is 15.2 Å². The van der Waals surface area contributed by atoms with E-state index in [1.165, 1.54) is 19.3 Å². The van der Waals surface area contributed by atoms with Crippen molar-refractivity contribution < 1.29 is 9.90 Å². The van der Waals surface area contributed by atoms with Gasteiger partial charge < -0.3 is 20.2 Å². The van der Waals surface area contributed by atoms with Crippen LogP contribution in [-0.2, 0) is 0 Å². The van der Waals surface area contributed by atoms with Crippen LogP contribution in [0.3, 0.4) is 0 Å². The number of aromatic nitrogens is 1. The molecule has 2 saturated carbocycles. The fourth-order valence-electron chi connectivity index (χ4n) is 5.70. The zero-order valence-electron chi connectivity index (χ0n) is 19.0. The highest BCUT2D eigenvalue weighted by Crippen LogP contribution is 2.58. The maximum atomic E-state index is 13.2. The third kappa shape index (κ3) is 4.20. The number of likely N-dealkylation sites (N-methyl/N-ethyl adjacent to an activating group) is 1. The number of benzene rings is 1. The Labute approximate surface area is 194 Å². The maximum Gasteiger partial charge on any atom is 0.253 e. The Kier molecular flexibility index (Phi) is 5.59. The molecule has 2 heterocycles. The van der Waals surface area contributed by atoms with E-state index in [0.717, 1.165) is 55.5 Å². The normalized spacial score (nSPS) is 26.8. The number of fused-ring (bicyclic) bond motifs is 1. The largest absolute Gasteiger partial charge is 0.388 e. The summed E-state index contributed by atoms with van der Waals surface area (Å²) in [5.74, 6) is 0.689. The van der Waals surface area contributed by atoms with Crippen LogP contribution in [-0.4, -0.2) is 66.3 Å². The number of nitrogens with zero attached hydrogens (tertiary/aromatic N) is 3. The number of nitrogens with one attached hydrogen (secondary N) is 1. The molecule has 172 valence electrons. The molecule has 6 nitrogen and oxygen atoms in total. The van der Waals surface area contributed by atoms with Crippen molar-refractivity contribution in [3.05, 3.63) is 34.9 Å². The quantitative estimate of drug-likeness (QED) is 0.715. The van der Waals surface area contributed by atoms with Crippen LogP contribution in [0, 0.1) is 5.41 Å². The Balaban J connectivity index is 1.34. The molecular formula is C25H33ClN4O2. The number of rotatable bonds is 5. The molecule has 0 radical (unpaired) electrons. The van der Waals surface area contributed by atoms with Gasteiger partial charge in [0.2, 0.25) is 0 Å². The molecule has 32 heavy (non-hydrogen) atoms. The van der Waals surface area contributed by atoms with Gasteiger partial charge in [0.15, 0.2) is 0 Å². The summed E-state index contributed by atoms with van der Waals surface area (Å²) in [4.78, 5) is 22.6. The van der Waals surface area contributed by atoms with Crippen molar-refractivity contribution >= 4 is 34.2 Å². The minimum Gasteiger partial charge on any atom is -0.388 e. The molecule has 3 aliphatic rings. The summed E-state index contributed by atoms with van der Waals surface area (Å²) >= 11 is 6.46. The molecular weight excluding hydrogens is 424 g/mol. The van der Waals surface area contributed by atoms with Gasteiger partial charge in [0.25, 0.3) is 5.91 Å². The Morgan fingerprint density at radius 1 is 1.25 bits per heavy atom. The smallest absolute Gasteiger partial charge is 0.253 e. The molecule has 3 fully saturated rings. The van der Waals surface area contributed by atoms with E-state index in [2.05, 4.69) is 29.2 Å². The third-order valence-electron chi connectivity index (χ3n) is 7.84. The fraction of sp³-hybridized carbons (Fsp3) is 0.600. The zero-order valence-corrected chi connectivity index (χ0v) is 19.8. The van der Waals surface area contributed by atoms with Crippen molar-refractivity contribution in [2.75, 3.05) is 38.6 Å². The van der Waals surface area contributed by atoms with E-state index >= 15 is 0 Å². The molecule has 1 spiro atoms. The first-order valence-electron chi connectivity index (χ1n) is 11.8. The zero-order chi connectivity index (χ0) is 22.5. The van der Waals surface area contributed by atoms with Crippen LogP contribution < -0.4 is 10.2 Å². The molecule has 2 aromatic rings. The van der Waals surface area contributed by atoms with Crippen LogP contribution in [0.2, 0.25) is 5.02 Å². The summed E-state index contributed by atoms with van der Waals surface area (Å²) in [7, 11) is 4.23. The van der Waals surface area contributed by atoms with E-state index in [9.17, 15) is 9.90 Å². The molecule has 2 unspecified atom stereocenters. The number of halogens is 1. The summed E-state index contributed by atoms with van der Waals surface area (Å²) in [5, 5.41) is 15.2. The topological polar surface area (TPSA) is 68.7 Å². The van der Waals surface area contributed by atoms with Gasteiger partial charge in [-0.25, -0.2) is 4.98 Å². The van der Waals surface area contributed by atoms with Crippen LogP contribution in [0.5, 0.6) is 0 Å². The Morgan fingerprint density at radius 3 is 2.78 bits per heavy atom. The van der Waals surface area contributed by atoms with Gasteiger partial charge in [-0.3, -0.25) is 4.79 Å². The molecule has 1 aromatic carbocycles. The van der Waals surface area contributed by atoms with E-state index in [1.54, 1.807) is 6.07 Å². The van der Waals surface area contributed by atoms with Crippen LogP contribution in [0.1, 0.15) is 55.3 Å². The van der Waals surface area contributed by atoms with Gasteiger partial charge >= 0.3 is 0 Å². The molecule has 2 atom stereocenters. The second-order valence-electron chi connectivity index (χ2n) is 10.4. The van der Waals surface area contributed by atoms with Crippen LogP contribution in [0.15, 0.2) is 24.3 Å². The van der Waals surface area contributed by atoms with Gasteiger partial charge in [0.05, 0.1) is 21.7 Å². The van der Waals surface area contributed by atoms with E-state index in [-0.39, 0.29) is 12.5 Å². The highest BCUT2D eigenvalue weighted by Gasteiger charge is 2.50. The van der Waals surface area contributed by atoms with E-state index in [0.29, 0.717) is 22.0 Å². The van der Waals surface area contributed by atoms with Crippen molar-refractivity contribution in [1.29, 1.82) is 0 Å². The highest BCUT2D eigenvalue weighted by molar-refractivity contribution is 6.35. The summed E-state index contributed by atoms with van der Waals surface area (Å²) < 4.78 is 0.